The van der Waals surface area contributed by atoms with Gasteiger partial charge in [-0.2, -0.15) is 4.99 Å². The van der Waals surface area contributed by atoms with E-state index < -0.39 is 5.54 Å². The van der Waals surface area contributed by atoms with Crippen molar-refractivity contribution in [3.8, 4) is 0 Å². The Labute approximate surface area is 82.5 Å². The topological polar surface area (TPSA) is 29.4 Å². The van der Waals surface area contributed by atoms with E-state index in [1.807, 2.05) is 6.07 Å². The first-order chi connectivity index (χ1) is 6.45. The molecule has 1 aromatic carbocycles. The summed E-state index contributed by atoms with van der Waals surface area (Å²) >= 11 is 0. The Morgan fingerprint density at radius 3 is 2.50 bits per heavy atom. The summed E-state index contributed by atoms with van der Waals surface area (Å²) in [6.45, 7) is 5.28. The van der Waals surface area contributed by atoms with E-state index in [0.717, 1.165) is 5.56 Å². The summed E-state index contributed by atoms with van der Waals surface area (Å²) in [7, 11) is 0. The maximum atomic E-state index is 13.1. The molecule has 0 aliphatic rings. The van der Waals surface area contributed by atoms with Crippen molar-refractivity contribution in [1.82, 2.24) is 0 Å². The van der Waals surface area contributed by atoms with Gasteiger partial charge < -0.3 is 0 Å². The van der Waals surface area contributed by atoms with E-state index in [2.05, 4.69) is 4.99 Å². The molecule has 0 radical (unpaired) electrons. The predicted octanol–water partition coefficient (Wildman–Crippen LogP) is 2.71. The van der Waals surface area contributed by atoms with Crippen LogP contribution < -0.4 is 0 Å². The van der Waals surface area contributed by atoms with Crippen molar-refractivity contribution in [1.29, 1.82) is 0 Å². The van der Waals surface area contributed by atoms with Crippen molar-refractivity contribution < 1.29 is 9.18 Å². The first kappa shape index (κ1) is 10.6. The summed E-state index contributed by atoms with van der Waals surface area (Å²) in [6, 6.07) is 4.63. The van der Waals surface area contributed by atoms with Crippen LogP contribution in [0.25, 0.3) is 0 Å². The Morgan fingerprint density at radius 2 is 2.00 bits per heavy atom. The average molecular weight is 193 g/mol. The normalized spacial score (nSPS) is 10.9. The first-order valence-electron chi connectivity index (χ1n) is 4.32. The average Bonchev–Trinajstić information content (AvgIpc) is 2.02. The van der Waals surface area contributed by atoms with Crippen molar-refractivity contribution in [2.45, 2.75) is 26.3 Å². The Bertz CT molecular complexity index is 372. The third-order valence-corrected chi connectivity index (χ3v) is 2.07. The monoisotopic (exact) mass is 193 g/mol. The fraction of sp³-hybridized carbons (Fsp3) is 0.364. The van der Waals surface area contributed by atoms with Crippen molar-refractivity contribution in [2.75, 3.05) is 0 Å². The minimum atomic E-state index is -0.714. The smallest absolute Gasteiger partial charge is 0.211 e. The van der Waals surface area contributed by atoms with E-state index in [0.29, 0.717) is 5.56 Å². The van der Waals surface area contributed by atoms with Crippen molar-refractivity contribution in [3.63, 3.8) is 0 Å². The summed E-state index contributed by atoms with van der Waals surface area (Å²) in [5.41, 5.74) is 0.779. The molecule has 0 aromatic heterocycles. The molecule has 0 bridgehead atoms. The third kappa shape index (κ3) is 2.27. The van der Waals surface area contributed by atoms with Gasteiger partial charge in [0.05, 0.1) is 5.54 Å². The largest absolute Gasteiger partial charge is 0.235 e. The SMILES string of the molecule is Cc1cc(F)cc(C(C)(C)N=C=O)c1. The summed E-state index contributed by atoms with van der Waals surface area (Å²) in [5.74, 6) is -0.311. The van der Waals surface area contributed by atoms with Crippen LogP contribution in [0.15, 0.2) is 23.2 Å². The summed E-state index contributed by atoms with van der Waals surface area (Å²) in [5, 5.41) is 0. The van der Waals surface area contributed by atoms with Crippen LogP contribution in [0.2, 0.25) is 0 Å². The van der Waals surface area contributed by atoms with E-state index >= 15 is 0 Å². The van der Waals surface area contributed by atoms with Gasteiger partial charge in [0.2, 0.25) is 6.08 Å². The highest BCUT2D eigenvalue weighted by Gasteiger charge is 2.20. The van der Waals surface area contributed by atoms with Gasteiger partial charge in [-0.1, -0.05) is 6.07 Å². The van der Waals surface area contributed by atoms with Crippen LogP contribution in [-0.4, -0.2) is 6.08 Å². The van der Waals surface area contributed by atoms with Gasteiger partial charge in [0, 0.05) is 0 Å². The second-order valence-electron chi connectivity index (χ2n) is 3.78. The molecule has 0 fully saturated rings. The molecule has 74 valence electrons. The molecule has 0 amide bonds. The summed E-state index contributed by atoms with van der Waals surface area (Å²) in [6.07, 6.45) is 1.50. The quantitative estimate of drug-likeness (QED) is 0.524. The van der Waals surface area contributed by atoms with Crippen LogP contribution >= 0.6 is 0 Å². The van der Waals surface area contributed by atoms with E-state index in [1.54, 1.807) is 20.8 Å². The molecule has 0 N–H and O–H groups in total. The highest BCUT2D eigenvalue weighted by molar-refractivity contribution is 5.38. The van der Waals surface area contributed by atoms with Crippen LogP contribution in [0.1, 0.15) is 25.0 Å². The second-order valence-corrected chi connectivity index (χ2v) is 3.78. The molecule has 1 aromatic rings. The van der Waals surface area contributed by atoms with Crippen LogP contribution in [-0.2, 0) is 10.3 Å². The Balaban J connectivity index is 3.24. The number of hydrogen-bond donors (Lipinski definition) is 0. The van der Waals surface area contributed by atoms with E-state index in [1.165, 1.54) is 18.2 Å². The number of rotatable bonds is 2. The molecule has 3 heteroatoms. The molecule has 0 heterocycles. The maximum absolute atomic E-state index is 13.1. The van der Waals surface area contributed by atoms with Crippen LogP contribution in [0.4, 0.5) is 4.39 Å². The van der Waals surface area contributed by atoms with Gasteiger partial charge in [-0.05, 0) is 44.0 Å². The first-order valence-corrected chi connectivity index (χ1v) is 4.32. The molecule has 1 rings (SSSR count). The Kier molecular flexibility index (Phi) is 2.82. The molecular formula is C11H12FNO. The van der Waals surface area contributed by atoms with Gasteiger partial charge >= 0.3 is 0 Å². The molecule has 0 atom stereocenters. The molecule has 0 aliphatic heterocycles. The van der Waals surface area contributed by atoms with Gasteiger partial charge in [-0.15, -0.1) is 0 Å². The highest BCUT2D eigenvalue weighted by atomic mass is 19.1. The minimum absolute atomic E-state index is 0.311. The standard InChI is InChI=1S/C11H12FNO/c1-8-4-9(6-10(12)5-8)11(2,3)13-7-14/h4-6H,1-3H3. The minimum Gasteiger partial charge on any atom is -0.211 e. The lowest BCUT2D eigenvalue weighted by molar-refractivity contribution is 0.518. The summed E-state index contributed by atoms with van der Waals surface area (Å²) < 4.78 is 13.1. The molecule has 0 spiro atoms. The molecule has 14 heavy (non-hydrogen) atoms. The predicted molar refractivity (Wildman–Crippen MR) is 52.3 cm³/mol. The van der Waals surface area contributed by atoms with Crippen LogP contribution in [0, 0.1) is 12.7 Å². The van der Waals surface area contributed by atoms with Gasteiger partial charge in [-0.25, -0.2) is 9.18 Å². The number of halogens is 1. The van der Waals surface area contributed by atoms with E-state index in [9.17, 15) is 9.18 Å². The summed E-state index contributed by atoms with van der Waals surface area (Å²) in [4.78, 5) is 13.8. The fourth-order valence-corrected chi connectivity index (χ4v) is 1.27. The zero-order valence-electron chi connectivity index (χ0n) is 8.47. The maximum Gasteiger partial charge on any atom is 0.235 e. The lowest BCUT2D eigenvalue weighted by Crippen LogP contribution is -2.13. The Hall–Kier alpha value is -1.47. The second kappa shape index (κ2) is 3.72. The third-order valence-electron chi connectivity index (χ3n) is 2.07. The molecule has 2 nitrogen and oxygen atoms in total. The lowest BCUT2D eigenvalue weighted by atomic mass is 9.94. The number of isocyanates is 1. The van der Waals surface area contributed by atoms with Gasteiger partial charge in [0.25, 0.3) is 0 Å². The molecule has 0 aliphatic carbocycles. The number of carbonyl (C=O) groups excluding carboxylic acids is 1. The fourth-order valence-electron chi connectivity index (χ4n) is 1.27. The van der Waals surface area contributed by atoms with Gasteiger partial charge in [0.1, 0.15) is 5.82 Å². The number of aryl methyl sites for hydroxylation is 1. The zero-order chi connectivity index (χ0) is 10.8. The Morgan fingerprint density at radius 1 is 1.36 bits per heavy atom. The van der Waals surface area contributed by atoms with Gasteiger partial charge in [-0.3, -0.25) is 0 Å². The molecule has 0 saturated heterocycles. The van der Waals surface area contributed by atoms with E-state index in [-0.39, 0.29) is 5.82 Å². The molecule has 0 saturated carbocycles. The van der Waals surface area contributed by atoms with E-state index in [4.69, 9.17) is 0 Å². The van der Waals surface area contributed by atoms with Crippen molar-refractivity contribution in [2.24, 2.45) is 4.99 Å². The number of benzene rings is 1. The lowest BCUT2D eigenvalue weighted by Gasteiger charge is -2.18. The number of aliphatic imine (C=N–C) groups is 1. The zero-order valence-corrected chi connectivity index (χ0v) is 8.47. The van der Waals surface area contributed by atoms with Crippen LogP contribution in [0.5, 0.6) is 0 Å². The number of hydrogen-bond acceptors (Lipinski definition) is 2. The van der Waals surface area contributed by atoms with Crippen molar-refractivity contribution >= 4 is 6.08 Å². The van der Waals surface area contributed by atoms with Crippen LogP contribution in [0.3, 0.4) is 0 Å². The van der Waals surface area contributed by atoms with Gasteiger partial charge in [0.15, 0.2) is 0 Å². The molecule has 0 unspecified atom stereocenters. The molecular weight excluding hydrogens is 181 g/mol. The van der Waals surface area contributed by atoms with Crippen molar-refractivity contribution in [3.05, 3.63) is 35.1 Å². The number of nitrogens with zero attached hydrogens (tertiary/aromatic N) is 1. The highest BCUT2D eigenvalue weighted by Crippen LogP contribution is 2.25.